The van der Waals surface area contributed by atoms with Crippen LogP contribution in [0.15, 0.2) is 42.7 Å². The Morgan fingerprint density at radius 2 is 2.13 bits per heavy atom. The largest absolute Gasteiger partial charge is 0.360 e. The number of anilines is 1. The van der Waals surface area contributed by atoms with Crippen molar-refractivity contribution < 1.29 is 18.7 Å². The van der Waals surface area contributed by atoms with Crippen LogP contribution >= 0.6 is 0 Å². The van der Waals surface area contributed by atoms with Gasteiger partial charge in [0.05, 0.1) is 31.0 Å². The van der Waals surface area contributed by atoms with Gasteiger partial charge in [0.1, 0.15) is 17.7 Å². The first kappa shape index (κ1) is 18.9. The van der Waals surface area contributed by atoms with Crippen LogP contribution in [0.3, 0.4) is 0 Å². The lowest BCUT2D eigenvalue weighted by Crippen LogP contribution is -2.44. The average molecular weight is 411 g/mol. The van der Waals surface area contributed by atoms with E-state index in [1.54, 1.807) is 35.3 Å². The Bertz CT molecular complexity index is 1040. The third-order valence-corrected chi connectivity index (χ3v) is 6.32. The summed E-state index contributed by atoms with van der Waals surface area (Å²) in [4.78, 5) is 29.9. The Labute approximate surface area is 172 Å². The maximum absolute atomic E-state index is 13.4. The number of nitrogens with zero attached hydrogens (tertiary/aromatic N) is 5. The van der Waals surface area contributed by atoms with Gasteiger partial charge in [-0.3, -0.25) is 9.59 Å². The van der Waals surface area contributed by atoms with Gasteiger partial charge in [-0.25, -0.2) is 4.39 Å². The molecule has 5 rings (SSSR count). The second-order valence-electron chi connectivity index (χ2n) is 8.03. The maximum atomic E-state index is 13.4. The first-order valence-electron chi connectivity index (χ1n) is 9.99. The molecule has 156 valence electrons. The van der Waals surface area contributed by atoms with E-state index >= 15 is 0 Å². The summed E-state index contributed by atoms with van der Waals surface area (Å²) >= 11 is 0. The van der Waals surface area contributed by atoms with Crippen LogP contribution in [0, 0.1) is 17.7 Å². The molecule has 30 heavy (non-hydrogen) atoms. The predicted octanol–water partition coefficient (Wildman–Crippen LogP) is 1.38. The molecule has 4 unspecified atom stereocenters. The van der Waals surface area contributed by atoms with Gasteiger partial charge in [0.15, 0.2) is 5.82 Å². The van der Waals surface area contributed by atoms with Crippen LogP contribution in [0.4, 0.5) is 10.1 Å². The molecular weight excluding hydrogens is 389 g/mol. The van der Waals surface area contributed by atoms with Crippen molar-refractivity contribution in [3.63, 3.8) is 0 Å². The number of benzene rings is 1. The molecule has 0 saturated carbocycles. The topological polar surface area (TPSA) is 80.6 Å². The van der Waals surface area contributed by atoms with Crippen molar-refractivity contribution in [1.82, 2.24) is 19.7 Å². The van der Waals surface area contributed by atoms with Crippen molar-refractivity contribution in [2.75, 3.05) is 18.5 Å². The molecule has 8 nitrogen and oxygen atoms in total. The zero-order valence-electron chi connectivity index (χ0n) is 16.7. The molecule has 1 spiro atoms. The summed E-state index contributed by atoms with van der Waals surface area (Å²) in [6, 6.07) is 5.79. The van der Waals surface area contributed by atoms with Crippen LogP contribution in [-0.2, 0) is 27.4 Å². The molecule has 2 saturated heterocycles. The number of rotatable bonds is 5. The number of carbonyl (C=O) groups excluding carboxylic acids is 2. The molecule has 4 heterocycles. The summed E-state index contributed by atoms with van der Waals surface area (Å²) in [7, 11) is 1.70. The van der Waals surface area contributed by atoms with E-state index in [2.05, 4.69) is 10.2 Å². The molecular formula is C21H22FN5O3. The monoisotopic (exact) mass is 411 g/mol. The minimum atomic E-state index is -0.819. The molecule has 2 amide bonds. The number of aromatic nitrogens is 3. The van der Waals surface area contributed by atoms with E-state index in [1.165, 1.54) is 12.1 Å². The number of hydrogen-bond acceptors (Lipinski definition) is 5. The van der Waals surface area contributed by atoms with Crippen LogP contribution in [0.5, 0.6) is 0 Å². The van der Waals surface area contributed by atoms with E-state index in [4.69, 9.17) is 4.74 Å². The van der Waals surface area contributed by atoms with E-state index in [0.717, 1.165) is 0 Å². The molecule has 2 aromatic rings. The van der Waals surface area contributed by atoms with Crippen LogP contribution in [0.2, 0.25) is 0 Å². The Hall–Kier alpha value is -3.07. The van der Waals surface area contributed by atoms with Gasteiger partial charge < -0.3 is 19.1 Å². The third kappa shape index (κ3) is 2.68. The van der Waals surface area contributed by atoms with Gasteiger partial charge in [0.2, 0.25) is 11.8 Å². The Morgan fingerprint density at radius 1 is 1.37 bits per heavy atom. The molecule has 0 radical (unpaired) electrons. The summed E-state index contributed by atoms with van der Waals surface area (Å²) in [5, 5.41) is 8.00. The number of amides is 2. The standard InChI is InChI=1S/C21H22FN5O3/c1-3-26-12-23-24-16(26)10-25(2)19(28)17-15-8-9-21(30-15)11-27(20(29)18(17)21)14-6-4-13(22)5-7-14/h4-9,12,15,17-18H,3,10-11H2,1-2H3. The lowest BCUT2D eigenvalue weighted by Gasteiger charge is -2.27. The SMILES string of the molecule is CCn1cnnc1CN(C)C(=O)C1C2C=CC3(CN(c4ccc(F)cc4)C(=O)C13)O2. The average Bonchev–Trinajstić information content (AvgIpc) is 3.49. The van der Waals surface area contributed by atoms with Gasteiger partial charge in [-0.2, -0.15) is 0 Å². The van der Waals surface area contributed by atoms with Crippen LogP contribution in [0.1, 0.15) is 12.7 Å². The normalized spacial score (nSPS) is 29.0. The summed E-state index contributed by atoms with van der Waals surface area (Å²) < 4.78 is 21.4. The Balaban J connectivity index is 1.40. The van der Waals surface area contributed by atoms with Crippen molar-refractivity contribution in [1.29, 1.82) is 0 Å². The molecule has 1 aromatic carbocycles. The lowest BCUT2D eigenvalue weighted by atomic mass is 9.76. The highest BCUT2D eigenvalue weighted by atomic mass is 19.1. The highest BCUT2D eigenvalue weighted by Crippen LogP contribution is 2.53. The molecule has 1 aromatic heterocycles. The molecule has 3 aliphatic rings. The lowest BCUT2D eigenvalue weighted by molar-refractivity contribution is -0.139. The highest BCUT2D eigenvalue weighted by Gasteiger charge is 2.67. The number of aryl methyl sites for hydroxylation is 1. The van der Waals surface area contributed by atoms with Crippen molar-refractivity contribution >= 4 is 17.5 Å². The fraction of sp³-hybridized carbons (Fsp3) is 0.429. The van der Waals surface area contributed by atoms with E-state index in [0.29, 0.717) is 31.1 Å². The number of halogens is 1. The van der Waals surface area contributed by atoms with Gasteiger partial charge in [0.25, 0.3) is 0 Å². The second-order valence-corrected chi connectivity index (χ2v) is 8.03. The molecule has 3 aliphatic heterocycles. The van der Waals surface area contributed by atoms with E-state index in [9.17, 15) is 14.0 Å². The minimum absolute atomic E-state index is 0.156. The van der Waals surface area contributed by atoms with Gasteiger partial charge in [-0.05, 0) is 31.2 Å². The second kappa shape index (κ2) is 6.73. The van der Waals surface area contributed by atoms with Crippen LogP contribution in [-0.4, -0.2) is 56.8 Å². The van der Waals surface area contributed by atoms with Crippen LogP contribution in [0.25, 0.3) is 0 Å². The Kier molecular flexibility index (Phi) is 4.25. The minimum Gasteiger partial charge on any atom is -0.360 e. The van der Waals surface area contributed by atoms with Crippen molar-refractivity contribution in [2.45, 2.75) is 31.7 Å². The maximum Gasteiger partial charge on any atom is 0.234 e. The zero-order chi connectivity index (χ0) is 21.0. The quantitative estimate of drug-likeness (QED) is 0.695. The molecule has 9 heteroatoms. The fourth-order valence-electron chi connectivity index (χ4n) is 4.83. The fourth-order valence-corrected chi connectivity index (χ4v) is 4.83. The van der Waals surface area contributed by atoms with E-state index < -0.39 is 23.5 Å². The van der Waals surface area contributed by atoms with Crippen LogP contribution < -0.4 is 4.90 Å². The highest BCUT2D eigenvalue weighted by molar-refractivity contribution is 6.03. The molecule has 0 N–H and O–H groups in total. The molecule has 2 fully saturated rings. The zero-order valence-corrected chi connectivity index (χ0v) is 16.7. The summed E-state index contributed by atoms with van der Waals surface area (Å²) in [6.07, 6.45) is 4.99. The summed E-state index contributed by atoms with van der Waals surface area (Å²) in [5.74, 6) is -1.20. The van der Waals surface area contributed by atoms with E-state index in [1.807, 2.05) is 23.6 Å². The van der Waals surface area contributed by atoms with Gasteiger partial charge in [-0.1, -0.05) is 12.2 Å². The first-order chi connectivity index (χ1) is 14.4. The van der Waals surface area contributed by atoms with Gasteiger partial charge >= 0.3 is 0 Å². The Morgan fingerprint density at radius 3 is 2.87 bits per heavy atom. The summed E-state index contributed by atoms with van der Waals surface area (Å²) in [6.45, 7) is 3.30. The van der Waals surface area contributed by atoms with Gasteiger partial charge in [0, 0.05) is 19.3 Å². The molecule has 0 aliphatic carbocycles. The van der Waals surface area contributed by atoms with Crippen molar-refractivity contribution in [2.24, 2.45) is 11.8 Å². The van der Waals surface area contributed by atoms with E-state index in [-0.39, 0.29) is 17.6 Å². The number of hydrogen-bond donors (Lipinski definition) is 0. The smallest absolute Gasteiger partial charge is 0.234 e. The van der Waals surface area contributed by atoms with Gasteiger partial charge in [-0.15, -0.1) is 10.2 Å². The number of fused-ring (bicyclic) bond motifs is 1. The molecule has 2 bridgehead atoms. The third-order valence-electron chi connectivity index (χ3n) is 6.32. The van der Waals surface area contributed by atoms with Crippen molar-refractivity contribution in [3.05, 3.63) is 54.4 Å². The predicted molar refractivity (Wildman–Crippen MR) is 105 cm³/mol. The number of carbonyl (C=O) groups is 2. The number of ether oxygens (including phenoxy) is 1. The van der Waals surface area contributed by atoms with Crippen molar-refractivity contribution in [3.8, 4) is 0 Å². The molecule has 4 atom stereocenters. The summed E-state index contributed by atoms with van der Waals surface area (Å²) in [5.41, 5.74) is -0.220. The first-order valence-corrected chi connectivity index (χ1v) is 9.99.